The lowest BCUT2D eigenvalue weighted by Crippen LogP contribution is -2.38. The fraction of sp³-hybridized carbons (Fsp3) is 0.333. The first-order chi connectivity index (χ1) is 8.45. The van der Waals surface area contributed by atoms with Gasteiger partial charge in [-0.2, -0.15) is 0 Å². The summed E-state index contributed by atoms with van der Waals surface area (Å²) >= 11 is 8.00. The van der Waals surface area contributed by atoms with Crippen LogP contribution >= 0.6 is 28.1 Å². The highest BCUT2D eigenvalue weighted by Gasteiger charge is 2.16. The van der Waals surface area contributed by atoms with E-state index in [0.717, 1.165) is 6.42 Å². The van der Waals surface area contributed by atoms with Crippen molar-refractivity contribution >= 4 is 39.0 Å². The number of nitrogens with zero attached hydrogens (tertiary/aromatic N) is 1. The molecule has 3 N–H and O–H groups in total. The second-order valence-electron chi connectivity index (χ2n) is 3.86. The molecule has 4 nitrogen and oxygen atoms in total. The molecule has 0 radical (unpaired) electrons. The Labute approximate surface area is 120 Å². The number of amides is 1. The van der Waals surface area contributed by atoms with Gasteiger partial charge < -0.3 is 15.7 Å². The SMILES string of the molecule is CCCN(CC(N)=S)C(=O)c1ccc(Br)c(O)c1. The van der Waals surface area contributed by atoms with Crippen molar-refractivity contribution in [3.05, 3.63) is 28.2 Å². The maximum atomic E-state index is 12.2. The highest BCUT2D eigenvalue weighted by Crippen LogP contribution is 2.24. The van der Waals surface area contributed by atoms with Crippen LogP contribution in [0, 0.1) is 0 Å². The molecule has 18 heavy (non-hydrogen) atoms. The summed E-state index contributed by atoms with van der Waals surface area (Å²) in [4.78, 5) is 14.1. The van der Waals surface area contributed by atoms with Gasteiger partial charge in [-0.05, 0) is 40.5 Å². The van der Waals surface area contributed by atoms with Gasteiger partial charge in [0.05, 0.1) is 16.0 Å². The predicted octanol–water partition coefficient (Wildman–Crippen LogP) is 2.29. The molecule has 1 aromatic rings. The van der Waals surface area contributed by atoms with E-state index in [4.69, 9.17) is 18.0 Å². The van der Waals surface area contributed by atoms with Crippen molar-refractivity contribution in [3.63, 3.8) is 0 Å². The quantitative estimate of drug-likeness (QED) is 0.813. The predicted molar refractivity (Wildman–Crippen MR) is 78.8 cm³/mol. The van der Waals surface area contributed by atoms with Crippen LogP contribution in [0.5, 0.6) is 5.75 Å². The summed E-state index contributed by atoms with van der Waals surface area (Å²) < 4.78 is 0.551. The zero-order valence-corrected chi connectivity index (χ0v) is 12.4. The lowest BCUT2D eigenvalue weighted by atomic mass is 10.2. The number of rotatable bonds is 5. The van der Waals surface area contributed by atoms with Crippen LogP contribution in [0.1, 0.15) is 23.7 Å². The number of carbonyl (C=O) groups excluding carboxylic acids is 1. The molecule has 0 spiro atoms. The van der Waals surface area contributed by atoms with Gasteiger partial charge in [0.1, 0.15) is 5.75 Å². The number of phenolic OH excluding ortho intramolecular Hbond substituents is 1. The first-order valence-corrected chi connectivity index (χ1v) is 6.72. The third kappa shape index (κ3) is 3.96. The fourth-order valence-electron chi connectivity index (χ4n) is 1.54. The van der Waals surface area contributed by atoms with Crippen molar-refractivity contribution in [2.24, 2.45) is 5.73 Å². The molecule has 1 rings (SSSR count). The minimum atomic E-state index is -0.188. The monoisotopic (exact) mass is 330 g/mol. The van der Waals surface area contributed by atoms with E-state index < -0.39 is 0 Å². The number of hydrogen-bond acceptors (Lipinski definition) is 3. The van der Waals surface area contributed by atoms with Gasteiger partial charge in [0, 0.05) is 12.1 Å². The van der Waals surface area contributed by atoms with E-state index in [1.165, 1.54) is 6.07 Å². The van der Waals surface area contributed by atoms with Gasteiger partial charge in [-0.15, -0.1) is 0 Å². The van der Waals surface area contributed by atoms with Gasteiger partial charge in [-0.25, -0.2) is 0 Å². The first-order valence-electron chi connectivity index (χ1n) is 5.51. The zero-order valence-electron chi connectivity index (χ0n) is 10.0. The lowest BCUT2D eigenvalue weighted by molar-refractivity contribution is 0.0779. The second-order valence-corrected chi connectivity index (χ2v) is 5.24. The molecule has 0 aromatic heterocycles. The number of phenols is 1. The summed E-state index contributed by atoms with van der Waals surface area (Å²) in [5.74, 6) is -0.153. The van der Waals surface area contributed by atoms with Gasteiger partial charge in [0.15, 0.2) is 0 Å². The van der Waals surface area contributed by atoms with Crippen LogP contribution in [0.3, 0.4) is 0 Å². The van der Waals surface area contributed by atoms with E-state index >= 15 is 0 Å². The molecule has 1 amide bonds. The Hall–Kier alpha value is -1.14. The van der Waals surface area contributed by atoms with Gasteiger partial charge in [-0.1, -0.05) is 19.1 Å². The van der Waals surface area contributed by atoms with Crippen LogP contribution in [0.15, 0.2) is 22.7 Å². The van der Waals surface area contributed by atoms with E-state index in [0.29, 0.717) is 16.6 Å². The van der Waals surface area contributed by atoms with Gasteiger partial charge in [0.25, 0.3) is 5.91 Å². The number of thiocarbonyl (C=S) groups is 1. The highest BCUT2D eigenvalue weighted by atomic mass is 79.9. The van der Waals surface area contributed by atoms with Crippen LogP contribution in [-0.4, -0.2) is 34.0 Å². The first kappa shape index (κ1) is 14.9. The molecule has 1 aromatic carbocycles. The maximum Gasteiger partial charge on any atom is 0.254 e. The molecule has 0 saturated carbocycles. The molecule has 0 fully saturated rings. The van der Waals surface area contributed by atoms with Crippen LogP contribution in [0.25, 0.3) is 0 Å². The second kappa shape index (κ2) is 6.70. The Balaban J connectivity index is 2.93. The standard InChI is InChI=1S/C12H15BrN2O2S/c1-2-5-15(7-11(14)18)12(17)8-3-4-9(13)10(16)6-8/h3-4,6,16H,2,5,7H2,1H3,(H2,14,18). The van der Waals surface area contributed by atoms with E-state index in [9.17, 15) is 9.90 Å². The summed E-state index contributed by atoms with van der Waals surface area (Å²) in [7, 11) is 0. The summed E-state index contributed by atoms with van der Waals surface area (Å²) in [6, 6.07) is 4.70. The number of aromatic hydroxyl groups is 1. The van der Waals surface area contributed by atoms with Crippen LogP contribution in [0.2, 0.25) is 0 Å². The molecule has 0 aliphatic heterocycles. The summed E-state index contributed by atoms with van der Waals surface area (Å²) in [5, 5.41) is 9.57. The van der Waals surface area contributed by atoms with Crippen molar-refractivity contribution in [2.75, 3.05) is 13.1 Å². The molecule has 0 atom stereocenters. The molecule has 0 saturated heterocycles. The molecule has 0 bridgehead atoms. The normalized spacial score (nSPS) is 10.1. The Bertz CT molecular complexity index is 465. The minimum absolute atomic E-state index is 0.0348. The zero-order chi connectivity index (χ0) is 13.7. The summed E-state index contributed by atoms with van der Waals surface area (Å²) in [5.41, 5.74) is 5.89. The van der Waals surface area contributed by atoms with E-state index in [-0.39, 0.29) is 23.2 Å². The summed E-state index contributed by atoms with van der Waals surface area (Å²) in [6.45, 7) is 2.80. The van der Waals surface area contributed by atoms with Gasteiger partial charge in [0.2, 0.25) is 0 Å². The van der Waals surface area contributed by atoms with Crippen LogP contribution in [-0.2, 0) is 0 Å². The summed E-state index contributed by atoms with van der Waals surface area (Å²) in [6.07, 6.45) is 0.816. The van der Waals surface area contributed by atoms with E-state index in [2.05, 4.69) is 15.9 Å². The number of carbonyl (C=O) groups is 1. The maximum absolute atomic E-state index is 12.2. The van der Waals surface area contributed by atoms with Crippen LogP contribution in [0.4, 0.5) is 0 Å². The average Bonchev–Trinajstić information content (AvgIpc) is 2.31. The highest BCUT2D eigenvalue weighted by molar-refractivity contribution is 9.10. The fourth-order valence-corrected chi connectivity index (χ4v) is 1.94. The Morgan fingerprint density at radius 1 is 1.56 bits per heavy atom. The molecule has 6 heteroatoms. The lowest BCUT2D eigenvalue weighted by Gasteiger charge is -2.21. The Morgan fingerprint density at radius 3 is 2.72 bits per heavy atom. The topological polar surface area (TPSA) is 66.6 Å². The molecule has 0 aliphatic rings. The van der Waals surface area contributed by atoms with Crippen molar-refractivity contribution in [1.29, 1.82) is 0 Å². The number of benzene rings is 1. The van der Waals surface area contributed by atoms with Gasteiger partial charge >= 0.3 is 0 Å². The molecular weight excluding hydrogens is 316 g/mol. The molecule has 98 valence electrons. The minimum Gasteiger partial charge on any atom is -0.507 e. The Kier molecular flexibility index (Phi) is 5.55. The molecule has 0 heterocycles. The largest absolute Gasteiger partial charge is 0.507 e. The van der Waals surface area contributed by atoms with Gasteiger partial charge in [-0.3, -0.25) is 4.79 Å². The molecule has 0 unspecified atom stereocenters. The number of halogens is 1. The number of hydrogen-bond donors (Lipinski definition) is 2. The van der Waals surface area contributed by atoms with Crippen LogP contribution < -0.4 is 5.73 Å². The third-order valence-corrected chi connectivity index (χ3v) is 3.12. The molecule has 0 aliphatic carbocycles. The van der Waals surface area contributed by atoms with Crippen molar-refractivity contribution in [3.8, 4) is 5.75 Å². The average molecular weight is 331 g/mol. The Morgan fingerprint density at radius 2 is 2.22 bits per heavy atom. The third-order valence-electron chi connectivity index (χ3n) is 2.32. The smallest absolute Gasteiger partial charge is 0.254 e. The van der Waals surface area contributed by atoms with Crippen molar-refractivity contribution in [2.45, 2.75) is 13.3 Å². The van der Waals surface area contributed by atoms with Crippen molar-refractivity contribution < 1.29 is 9.90 Å². The van der Waals surface area contributed by atoms with E-state index in [1.807, 2.05) is 6.92 Å². The van der Waals surface area contributed by atoms with E-state index in [1.54, 1.807) is 17.0 Å². The number of nitrogens with two attached hydrogens (primary N) is 1. The van der Waals surface area contributed by atoms with Crippen molar-refractivity contribution in [1.82, 2.24) is 4.90 Å². The molecular formula is C12H15BrN2O2S.